The first-order chi connectivity index (χ1) is 13.0. The Morgan fingerprint density at radius 3 is 2.57 bits per heavy atom. The summed E-state index contributed by atoms with van der Waals surface area (Å²) in [5.41, 5.74) is -0.636. The second-order valence-corrected chi connectivity index (χ2v) is 9.98. The summed E-state index contributed by atoms with van der Waals surface area (Å²) in [5.74, 6) is -0.719. The van der Waals surface area contributed by atoms with E-state index in [0.717, 1.165) is 19.3 Å². The second kappa shape index (κ2) is 6.14. The van der Waals surface area contributed by atoms with E-state index >= 15 is 0 Å². The minimum atomic E-state index is -1.22. The molecule has 9 atom stereocenters. The van der Waals surface area contributed by atoms with E-state index in [4.69, 9.17) is 4.74 Å². The number of carbonyl (C=O) groups is 1. The molecule has 6 nitrogen and oxygen atoms in total. The van der Waals surface area contributed by atoms with Gasteiger partial charge in [-0.05, 0) is 62.4 Å². The van der Waals surface area contributed by atoms with Crippen LogP contribution >= 0.6 is 0 Å². The average Bonchev–Trinajstić information content (AvgIpc) is 3.37. The Morgan fingerprint density at radius 2 is 1.93 bits per heavy atom. The molecule has 3 fully saturated rings. The number of epoxide rings is 1. The van der Waals surface area contributed by atoms with Gasteiger partial charge in [0.1, 0.15) is 30.0 Å². The SMILES string of the molecule is C=C1[C@@H](O)[C@H](O)[C@]2(C[C@@H]3C(C)=CC[C@@H]4[C@]3(C)CCC[C@@]4(C)C(=O)O)O[C@@H]2[C@H]1O. The third kappa shape index (κ3) is 2.44. The first-order valence-electron chi connectivity index (χ1n) is 10.3. The zero-order valence-electron chi connectivity index (χ0n) is 16.9. The molecule has 1 aliphatic heterocycles. The lowest BCUT2D eigenvalue weighted by Crippen LogP contribution is -2.56. The fourth-order valence-electron chi connectivity index (χ4n) is 6.69. The van der Waals surface area contributed by atoms with E-state index in [1.165, 1.54) is 5.57 Å². The zero-order valence-corrected chi connectivity index (χ0v) is 16.9. The van der Waals surface area contributed by atoms with Crippen LogP contribution in [-0.2, 0) is 9.53 Å². The summed E-state index contributed by atoms with van der Waals surface area (Å²) in [4.78, 5) is 12.1. The fraction of sp³-hybridized carbons (Fsp3) is 0.773. The Bertz CT molecular complexity index is 745. The van der Waals surface area contributed by atoms with Crippen molar-refractivity contribution in [3.8, 4) is 0 Å². The van der Waals surface area contributed by atoms with Crippen LogP contribution in [0.1, 0.15) is 52.9 Å². The summed E-state index contributed by atoms with van der Waals surface area (Å²) in [6, 6.07) is 0. The van der Waals surface area contributed by atoms with Gasteiger partial charge in [0.25, 0.3) is 0 Å². The van der Waals surface area contributed by atoms with Gasteiger partial charge in [-0.1, -0.05) is 31.6 Å². The fourth-order valence-corrected chi connectivity index (χ4v) is 6.69. The van der Waals surface area contributed by atoms with E-state index < -0.39 is 41.4 Å². The lowest BCUT2D eigenvalue weighted by molar-refractivity contribution is -0.163. The number of aliphatic carboxylic acids is 1. The molecule has 28 heavy (non-hydrogen) atoms. The van der Waals surface area contributed by atoms with Gasteiger partial charge in [0.2, 0.25) is 0 Å². The molecule has 0 aromatic carbocycles. The van der Waals surface area contributed by atoms with Gasteiger partial charge in [0.15, 0.2) is 0 Å². The highest BCUT2D eigenvalue weighted by Crippen LogP contribution is 2.64. The van der Waals surface area contributed by atoms with E-state index in [1.807, 2.05) is 6.92 Å². The van der Waals surface area contributed by atoms with Crippen molar-refractivity contribution in [1.29, 1.82) is 0 Å². The zero-order chi connectivity index (χ0) is 20.6. The first kappa shape index (κ1) is 20.1. The van der Waals surface area contributed by atoms with Gasteiger partial charge >= 0.3 is 5.97 Å². The molecule has 0 amide bonds. The summed E-state index contributed by atoms with van der Waals surface area (Å²) >= 11 is 0. The molecule has 0 spiro atoms. The van der Waals surface area contributed by atoms with Crippen molar-refractivity contribution in [1.82, 2.24) is 0 Å². The van der Waals surface area contributed by atoms with Crippen LogP contribution in [0.5, 0.6) is 0 Å². The van der Waals surface area contributed by atoms with Crippen LogP contribution < -0.4 is 0 Å². The van der Waals surface area contributed by atoms with Crippen molar-refractivity contribution < 1.29 is 30.0 Å². The molecular formula is C22H32O6. The molecule has 2 saturated carbocycles. The topological polar surface area (TPSA) is 111 Å². The molecule has 0 bridgehead atoms. The summed E-state index contributed by atoms with van der Waals surface area (Å²) in [6.45, 7) is 9.80. The predicted octanol–water partition coefficient (Wildman–Crippen LogP) is 2.03. The largest absolute Gasteiger partial charge is 0.481 e. The van der Waals surface area contributed by atoms with Gasteiger partial charge in [-0.15, -0.1) is 0 Å². The number of allylic oxidation sites excluding steroid dienone is 2. The second-order valence-electron chi connectivity index (χ2n) is 9.98. The van der Waals surface area contributed by atoms with Crippen LogP contribution in [0.25, 0.3) is 0 Å². The number of hydrogen-bond donors (Lipinski definition) is 4. The Kier molecular flexibility index (Phi) is 4.41. The number of fused-ring (bicyclic) bond motifs is 2. The van der Waals surface area contributed by atoms with Gasteiger partial charge in [-0.2, -0.15) is 0 Å². The van der Waals surface area contributed by atoms with Crippen LogP contribution in [-0.4, -0.2) is 56.4 Å². The number of aliphatic hydroxyl groups is 3. The van der Waals surface area contributed by atoms with Gasteiger partial charge in [-0.3, -0.25) is 4.79 Å². The maximum absolute atomic E-state index is 12.1. The molecule has 6 heteroatoms. The van der Waals surface area contributed by atoms with Gasteiger partial charge < -0.3 is 25.2 Å². The third-order valence-corrected chi connectivity index (χ3v) is 8.63. The highest BCUT2D eigenvalue weighted by atomic mass is 16.6. The van der Waals surface area contributed by atoms with Crippen molar-refractivity contribution in [3.05, 3.63) is 23.8 Å². The van der Waals surface area contributed by atoms with E-state index in [-0.39, 0.29) is 22.8 Å². The third-order valence-electron chi connectivity index (χ3n) is 8.63. The number of aliphatic hydroxyl groups excluding tert-OH is 3. The highest BCUT2D eigenvalue weighted by Gasteiger charge is 2.71. The molecule has 1 heterocycles. The number of carboxylic acid groups (broad SMARTS) is 1. The summed E-state index contributed by atoms with van der Waals surface area (Å²) < 4.78 is 5.84. The Morgan fingerprint density at radius 1 is 1.25 bits per heavy atom. The number of ether oxygens (including phenoxy) is 1. The monoisotopic (exact) mass is 392 g/mol. The van der Waals surface area contributed by atoms with Crippen molar-refractivity contribution in [2.45, 2.75) is 82.9 Å². The van der Waals surface area contributed by atoms with Crippen molar-refractivity contribution in [3.63, 3.8) is 0 Å². The predicted molar refractivity (Wildman–Crippen MR) is 102 cm³/mol. The van der Waals surface area contributed by atoms with Crippen LogP contribution in [0.2, 0.25) is 0 Å². The van der Waals surface area contributed by atoms with Gasteiger partial charge in [0, 0.05) is 0 Å². The molecule has 0 unspecified atom stereocenters. The van der Waals surface area contributed by atoms with E-state index in [0.29, 0.717) is 12.8 Å². The molecule has 1 saturated heterocycles. The standard InChI is InChI=1S/C22H32O6/c1-11-6-7-14-20(3,8-5-9-21(14,4)19(26)27)13(11)10-22-17(25)15(23)12(2)16(24)18(22)28-22/h6,13-18,23-25H,2,5,7-10H2,1,3-4H3,(H,26,27)/t13-,14-,15-,16+,17+,18-,20-,21-,22+/m1/s1. The van der Waals surface area contributed by atoms with Crippen molar-refractivity contribution in [2.75, 3.05) is 0 Å². The normalized spacial score (nSPS) is 53.1. The van der Waals surface area contributed by atoms with Gasteiger partial charge in [0.05, 0.1) is 5.41 Å². The summed E-state index contributed by atoms with van der Waals surface area (Å²) in [6.07, 6.45) is 1.86. The molecule has 3 aliphatic carbocycles. The Hall–Kier alpha value is -1.21. The lowest BCUT2D eigenvalue weighted by Gasteiger charge is -2.56. The minimum Gasteiger partial charge on any atom is -0.481 e. The lowest BCUT2D eigenvalue weighted by atomic mass is 9.47. The molecule has 0 aromatic rings. The van der Waals surface area contributed by atoms with E-state index in [2.05, 4.69) is 26.5 Å². The molecule has 0 aromatic heterocycles. The quantitative estimate of drug-likeness (QED) is 0.432. The molecule has 4 rings (SSSR count). The first-order valence-corrected chi connectivity index (χ1v) is 10.3. The maximum Gasteiger partial charge on any atom is 0.309 e. The Labute approximate surface area is 165 Å². The number of rotatable bonds is 3. The highest BCUT2D eigenvalue weighted by molar-refractivity contribution is 5.75. The van der Waals surface area contributed by atoms with Crippen LogP contribution in [0.3, 0.4) is 0 Å². The van der Waals surface area contributed by atoms with Crippen LogP contribution in [0.15, 0.2) is 23.8 Å². The van der Waals surface area contributed by atoms with E-state index in [1.54, 1.807) is 0 Å². The number of hydrogen-bond acceptors (Lipinski definition) is 5. The molecular weight excluding hydrogens is 360 g/mol. The molecule has 4 N–H and O–H groups in total. The smallest absolute Gasteiger partial charge is 0.309 e. The summed E-state index contributed by atoms with van der Waals surface area (Å²) in [7, 11) is 0. The molecule has 0 radical (unpaired) electrons. The van der Waals surface area contributed by atoms with Crippen molar-refractivity contribution in [2.24, 2.45) is 22.7 Å². The van der Waals surface area contributed by atoms with E-state index in [9.17, 15) is 25.2 Å². The summed E-state index contributed by atoms with van der Waals surface area (Å²) in [5, 5.41) is 41.5. The van der Waals surface area contributed by atoms with Crippen LogP contribution in [0, 0.1) is 22.7 Å². The molecule has 156 valence electrons. The Balaban J connectivity index is 1.68. The number of carboxylic acids is 1. The average molecular weight is 392 g/mol. The maximum atomic E-state index is 12.1. The molecule has 4 aliphatic rings. The van der Waals surface area contributed by atoms with Gasteiger partial charge in [-0.25, -0.2) is 0 Å². The minimum absolute atomic E-state index is 0.000837. The van der Waals surface area contributed by atoms with Crippen molar-refractivity contribution >= 4 is 5.97 Å². The van der Waals surface area contributed by atoms with Crippen LogP contribution in [0.4, 0.5) is 0 Å².